The summed E-state index contributed by atoms with van der Waals surface area (Å²) < 4.78 is 8.15. The van der Waals surface area contributed by atoms with Gasteiger partial charge in [-0.2, -0.15) is 11.8 Å². The highest BCUT2D eigenvalue weighted by molar-refractivity contribution is 7.99. The van der Waals surface area contributed by atoms with Gasteiger partial charge in [0.15, 0.2) is 5.82 Å². The van der Waals surface area contributed by atoms with Crippen LogP contribution in [0.1, 0.15) is 44.3 Å². The van der Waals surface area contributed by atoms with Crippen molar-refractivity contribution in [2.24, 2.45) is 0 Å². The molecule has 2 aliphatic rings. The minimum absolute atomic E-state index is 0.0811. The highest BCUT2D eigenvalue weighted by Gasteiger charge is 2.41. The number of nitrogens with zero attached hydrogens (tertiary/aromatic N) is 3. The quantitative estimate of drug-likeness (QED) is 0.919. The van der Waals surface area contributed by atoms with Gasteiger partial charge < -0.3 is 10.5 Å². The van der Waals surface area contributed by atoms with Crippen molar-refractivity contribution in [3.8, 4) is 0 Å². The maximum absolute atomic E-state index is 6.07. The Morgan fingerprint density at radius 1 is 1.58 bits per heavy atom. The van der Waals surface area contributed by atoms with Gasteiger partial charge in [-0.25, -0.2) is 4.68 Å². The maximum atomic E-state index is 6.07. The molecule has 2 fully saturated rings. The third-order valence-electron chi connectivity index (χ3n) is 4.19. The summed E-state index contributed by atoms with van der Waals surface area (Å²) in [6.45, 7) is 2.99. The first-order valence-electron chi connectivity index (χ1n) is 7.15. The standard InChI is InChI=1S/C13H22N4OS/c1-2-3-11-12(14)15-16-17(11)10-4-6-18-13(8-10)5-7-19-9-13/h10H,2-9,14H2,1H3. The van der Waals surface area contributed by atoms with Crippen molar-refractivity contribution >= 4 is 17.6 Å². The Kier molecular flexibility index (Phi) is 3.71. The Balaban J connectivity index is 1.81. The number of nitrogens with two attached hydrogens (primary N) is 1. The largest absolute Gasteiger partial charge is 0.381 e. The second-order valence-corrected chi connectivity index (χ2v) is 6.70. The fraction of sp³-hybridized carbons (Fsp3) is 0.846. The van der Waals surface area contributed by atoms with E-state index in [9.17, 15) is 0 Å². The Morgan fingerprint density at radius 3 is 3.21 bits per heavy atom. The molecule has 0 radical (unpaired) electrons. The summed E-state index contributed by atoms with van der Waals surface area (Å²) in [5, 5.41) is 8.36. The zero-order chi connectivity index (χ0) is 13.3. The molecule has 6 heteroatoms. The van der Waals surface area contributed by atoms with Gasteiger partial charge in [-0.1, -0.05) is 18.6 Å². The number of nitrogen functional groups attached to an aromatic ring is 1. The van der Waals surface area contributed by atoms with Gasteiger partial charge in [0.25, 0.3) is 0 Å². The SMILES string of the molecule is CCCc1c(N)nnn1C1CCOC2(CCSC2)C1. The molecule has 1 aromatic heterocycles. The molecule has 2 saturated heterocycles. The molecule has 0 bridgehead atoms. The minimum Gasteiger partial charge on any atom is -0.381 e. The van der Waals surface area contributed by atoms with Crippen LogP contribution in [0.25, 0.3) is 0 Å². The van der Waals surface area contributed by atoms with Crippen molar-refractivity contribution in [1.29, 1.82) is 0 Å². The van der Waals surface area contributed by atoms with Gasteiger partial charge in [-0.05, 0) is 31.4 Å². The first-order valence-corrected chi connectivity index (χ1v) is 8.31. The first-order chi connectivity index (χ1) is 9.24. The van der Waals surface area contributed by atoms with Crippen LogP contribution in [0.15, 0.2) is 0 Å². The van der Waals surface area contributed by atoms with Crippen LogP contribution in [0.2, 0.25) is 0 Å². The predicted molar refractivity (Wildman–Crippen MR) is 77.3 cm³/mol. The summed E-state index contributed by atoms with van der Waals surface area (Å²) in [5.41, 5.74) is 7.14. The first kappa shape index (κ1) is 13.2. The van der Waals surface area contributed by atoms with Crippen LogP contribution in [0, 0.1) is 0 Å². The van der Waals surface area contributed by atoms with Gasteiger partial charge in [-0.15, -0.1) is 5.10 Å². The monoisotopic (exact) mass is 282 g/mol. The van der Waals surface area contributed by atoms with Crippen LogP contribution < -0.4 is 5.73 Å². The third kappa shape index (κ3) is 2.48. The summed E-state index contributed by atoms with van der Waals surface area (Å²) in [5.74, 6) is 2.94. The molecule has 3 heterocycles. The minimum atomic E-state index is 0.0811. The highest BCUT2D eigenvalue weighted by Crippen LogP contribution is 2.42. The molecule has 3 rings (SSSR count). The molecule has 5 nitrogen and oxygen atoms in total. The van der Waals surface area contributed by atoms with E-state index < -0.39 is 0 Å². The van der Waals surface area contributed by atoms with E-state index in [0.717, 1.165) is 43.7 Å². The molecule has 0 saturated carbocycles. The van der Waals surface area contributed by atoms with Gasteiger partial charge in [0.05, 0.1) is 17.3 Å². The zero-order valence-electron chi connectivity index (χ0n) is 11.5. The molecule has 19 heavy (non-hydrogen) atoms. The topological polar surface area (TPSA) is 66.0 Å². The van der Waals surface area contributed by atoms with Gasteiger partial charge in [-0.3, -0.25) is 0 Å². The van der Waals surface area contributed by atoms with E-state index in [1.165, 1.54) is 12.2 Å². The van der Waals surface area contributed by atoms with Crippen molar-refractivity contribution in [1.82, 2.24) is 15.0 Å². The van der Waals surface area contributed by atoms with Crippen molar-refractivity contribution in [3.05, 3.63) is 5.69 Å². The zero-order valence-corrected chi connectivity index (χ0v) is 12.3. The van der Waals surface area contributed by atoms with Gasteiger partial charge in [0.1, 0.15) is 0 Å². The Labute approximate surface area is 118 Å². The lowest BCUT2D eigenvalue weighted by Gasteiger charge is -2.38. The summed E-state index contributed by atoms with van der Waals surface area (Å²) in [6.07, 6.45) is 5.27. The lowest BCUT2D eigenvalue weighted by molar-refractivity contribution is -0.0783. The normalized spacial score (nSPS) is 31.1. The van der Waals surface area contributed by atoms with E-state index in [1.807, 2.05) is 11.8 Å². The van der Waals surface area contributed by atoms with Gasteiger partial charge in [0, 0.05) is 12.4 Å². The molecule has 2 atom stereocenters. The van der Waals surface area contributed by atoms with E-state index >= 15 is 0 Å². The molecule has 2 unspecified atom stereocenters. The number of hydrogen-bond acceptors (Lipinski definition) is 5. The molecule has 0 aliphatic carbocycles. The molecule has 106 valence electrons. The van der Waals surface area contributed by atoms with Crippen LogP contribution in [-0.2, 0) is 11.2 Å². The fourth-order valence-corrected chi connectivity index (χ4v) is 4.55. The van der Waals surface area contributed by atoms with Crippen LogP contribution in [0.5, 0.6) is 0 Å². The third-order valence-corrected chi connectivity index (χ3v) is 5.41. The van der Waals surface area contributed by atoms with E-state index in [4.69, 9.17) is 10.5 Å². The van der Waals surface area contributed by atoms with Crippen LogP contribution >= 0.6 is 11.8 Å². The van der Waals surface area contributed by atoms with E-state index in [0.29, 0.717) is 11.9 Å². The summed E-state index contributed by atoms with van der Waals surface area (Å²) in [4.78, 5) is 0. The molecular weight excluding hydrogens is 260 g/mol. The van der Waals surface area contributed by atoms with Crippen LogP contribution in [0.4, 0.5) is 5.82 Å². The number of ether oxygens (including phenoxy) is 1. The second kappa shape index (κ2) is 5.32. The smallest absolute Gasteiger partial charge is 0.169 e. The lowest BCUT2D eigenvalue weighted by Crippen LogP contribution is -2.41. The lowest BCUT2D eigenvalue weighted by atomic mass is 9.90. The fourth-order valence-electron chi connectivity index (χ4n) is 3.17. The number of anilines is 1. The number of rotatable bonds is 3. The average molecular weight is 282 g/mol. The number of thioether (sulfide) groups is 1. The van der Waals surface area contributed by atoms with E-state index in [1.54, 1.807) is 0 Å². The van der Waals surface area contributed by atoms with Crippen molar-refractivity contribution in [2.75, 3.05) is 23.8 Å². The van der Waals surface area contributed by atoms with E-state index in [2.05, 4.69) is 21.9 Å². The highest BCUT2D eigenvalue weighted by atomic mass is 32.2. The molecule has 1 spiro atoms. The summed E-state index contributed by atoms with van der Waals surface area (Å²) >= 11 is 2.00. The molecule has 2 aliphatic heterocycles. The Morgan fingerprint density at radius 2 is 2.47 bits per heavy atom. The van der Waals surface area contributed by atoms with Crippen LogP contribution in [-0.4, -0.2) is 38.7 Å². The number of hydrogen-bond donors (Lipinski definition) is 1. The van der Waals surface area contributed by atoms with Crippen molar-refractivity contribution in [3.63, 3.8) is 0 Å². The predicted octanol–water partition coefficient (Wildman–Crippen LogP) is 2.04. The van der Waals surface area contributed by atoms with E-state index in [-0.39, 0.29) is 5.60 Å². The second-order valence-electron chi connectivity index (χ2n) is 5.60. The van der Waals surface area contributed by atoms with Crippen LogP contribution in [0.3, 0.4) is 0 Å². The molecule has 0 amide bonds. The maximum Gasteiger partial charge on any atom is 0.169 e. The molecule has 0 aromatic carbocycles. The Bertz CT molecular complexity index is 442. The molecular formula is C13H22N4OS. The average Bonchev–Trinajstić information content (AvgIpc) is 2.99. The Hall–Kier alpha value is -0.750. The number of aromatic nitrogens is 3. The summed E-state index contributed by atoms with van der Waals surface area (Å²) in [7, 11) is 0. The van der Waals surface area contributed by atoms with Crippen molar-refractivity contribution < 1.29 is 4.74 Å². The summed E-state index contributed by atoms with van der Waals surface area (Å²) in [6, 6.07) is 0.402. The van der Waals surface area contributed by atoms with Gasteiger partial charge >= 0.3 is 0 Å². The molecule has 2 N–H and O–H groups in total. The molecule has 1 aromatic rings. The van der Waals surface area contributed by atoms with Gasteiger partial charge in [0.2, 0.25) is 0 Å². The van der Waals surface area contributed by atoms with Crippen molar-refractivity contribution in [2.45, 2.75) is 50.7 Å².